The lowest BCUT2D eigenvalue weighted by Crippen LogP contribution is -2.32. The van der Waals surface area contributed by atoms with E-state index in [-0.39, 0.29) is 11.5 Å². The summed E-state index contributed by atoms with van der Waals surface area (Å²) in [4.78, 5) is 44.6. The number of anilines is 1. The van der Waals surface area contributed by atoms with Gasteiger partial charge in [-0.3, -0.25) is 19.5 Å². The van der Waals surface area contributed by atoms with E-state index in [0.29, 0.717) is 21.8 Å². The van der Waals surface area contributed by atoms with Crippen molar-refractivity contribution in [2.45, 2.75) is 19.9 Å². The molecule has 1 atom stereocenters. The van der Waals surface area contributed by atoms with Crippen LogP contribution in [0.15, 0.2) is 60.0 Å². The van der Waals surface area contributed by atoms with E-state index in [1.54, 1.807) is 38.2 Å². The Kier molecular flexibility index (Phi) is 4.40. The number of amides is 1. The van der Waals surface area contributed by atoms with Crippen LogP contribution < -0.4 is 4.90 Å². The van der Waals surface area contributed by atoms with Crippen molar-refractivity contribution in [1.82, 2.24) is 19.9 Å². The molecule has 0 fully saturated rings. The number of aliphatic hydroxyl groups excluding tert-OH is 1. The molecule has 0 aliphatic carbocycles. The number of hydrogen-bond donors (Lipinski definition) is 2. The van der Waals surface area contributed by atoms with Crippen LogP contribution in [-0.2, 0) is 4.79 Å². The van der Waals surface area contributed by atoms with Crippen molar-refractivity contribution in [2.75, 3.05) is 4.90 Å². The lowest BCUT2D eigenvalue weighted by atomic mass is 9.98. The van der Waals surface area contributed by atoms with Gasteiger partial charge in [-0.05, 0) is 38.1 Å². The predicted molar refractivity (Wildman–Crippen MR) is 116 cm³/mol. The molecule has 5 rings (SSSR count). The molecule has 8 nitrogen and oxygen atoms in total. The van der Waals surface area contributed by atoms with E-state index in [2.05, 4.69) is 19.9 Å². The highest BCUT2D eigenvalue weighted by molar-refractivity contribution is 7.14. The van der Waals surface area contributed by atoms with Crippen molar-refractivity contribution in [3.63, 3.8) is 0 Å². The van der Waals surface area contributed by atoms with Crippen molar-refractivity contribution < 1.29 is 14.7 Å². The number of rotatable bonds is 4. The van der Waals surface area contributed by atoms with Crippen molar-refractivity contribution in [3.8, 4) is 0 Å². The number of aromatic nitrogens is 4. The number of ketones is 1. The molecule has 1 aliphatic rings. The van der Waals surface area contributed by atoms with E-state index >= 15 is 0 Å². The van der Waals surface area contributed by atoms with Gasteiger partial charge in [0.25, 0.3) is 5.91 Å². The third kappa shape index (κ3) is 3.01. The summed E-state index contributed by atoms with van der Waals surface area (Å²) >= 11 is 1.23. The van der Waals surface area contributed by atoms with Gasteiger partial charge in [-0.15, -0.1) is 11.3 Å². The van der Waals surface area contributed by atoms with Gasteiger partial charge < -0.3 is 10.1 Å². The van der Waals surface area contributed by atoms with E-state index in [1.165, 1.54) is 16.2 Å². The van der Waals surface area contributed by atoms with Crippen LogP contribution in [0.5, 0.6) is 0 Å². The van der Waals surface area contributed by atoms with Crippen LogP contribution >= 0.6 is 11.3 Å². The standard InChI is InChI=1S/C22H17N5O3S/c1-11-20(31-12(2)24-11)18(28)16-17(15-9-5-6-10-23-15)27(21(30)19(16)29)22-25-13-7-3-4-8-14(13)26-22/h3-10,17,29H,1-2H3,(H,25,26). The number of nitrogens with one attached hydrogen (secondary N) is 1. The number of thiazole rings is 1. The van der Waals surface area contributed by atoms with E-state index < -0.39 is 23.5 Å². The van der Waals surface area contributed by atoms with Crippen LogP contribution in [0.1, 0.15) is 32.1 Å². The van der Waals surface area contributed by atoms with Crippen molar-refractivity contribution in [2.24, 2.45) is 0 Å². The first-order chi connectivity index (χ1) is 15.0. The van der Waals surface area contributed by atoms with Gasteiger partial charge in [-0.25, -0.2) is 9.97 Å². The van der Waals surface area contributed by atoms with Gasteiger partial charge in [0.1, 0.15) is 6.04 Å². The van der Waals surface area contributed by atoms with Gasteiger partial charge >= 0.3 is 0 Å². The number of hydrogen-bond acceptors (Lipinski definition) is 7. The highest BCUT2D eigenvalue weighted by Gasteiger charge is 2.47. The minimum absolute atomic E-state index is 0.0316. The number of para-hydroxylation sites is 2. The molecular formula is C22H17N5O3S. The fraction of sp³-hybridized carbons (Fsp3) is 0.136. The van der Waals surface area contributed by atoms with Gasteiger partial charge in [-0.2, -0.15) is 0 Å². The highest BCUT2D eigenvalue weighted by Crippen LogP contribution is 2.41. The second kappa shape index (κ2) is 7.13. The summed E-state index contributed by atoms with van der Waals surface area (Å²) in [6.07, 6.45) is 1.58. The number of nitrogens with zero attached hydrogens (tertiary/aromatic N) is 4. The minimum atomic E-state index is -0.927. The normalized spacial score (nSPS) is 16.5. The molecule has 0 bridgehead atoms. The molecule has 1 aliphatic heterocycles. The zero-order valence-corrected chi connectivity index (χ0v) is 17.5. The van der Waals surface area contributed by atoms with Crippen molar-refractivity contribution in [3.05, 3.63) is 81.3 Å². The number of carbonyl (C=O) groups is 2. The lowest BCUT2D eigenvalue weighted by Gasteiger charge is -2.23. The molecule has 3 aromatic heterocycles. The van der Waals surface area contributed by atoms with E-state index in [4.69, 9.17) is 0 Å². The Hall–Kier alpha value is -3.85. The first-order valence-corrected chi connectivity index (χ1v) is 10.4. The van der Waals surface area contributed by atoms with Crippen LogP contribution in [0.25, 0.3) is 11.0 Å². The van der Waals surface area contributed by atoms with E-state index in [1.807, 2.05) is 24.3 Å². The molecule has 9 heteroatoms. The molecule has 2 N–H and O–H groups in total. The van der Waals surface area contributed by atoms with Gasteiger partial charge in [-0.1, -0.05) is 18.2 Å². The third-order valence-corrected chi connectivity index (χ3v) is 6.21. The van der Waals surface area contributed by atoms with Crippen LogP contribution in [0.4, 0.5) is 5.95 Å². The van der Waals surface area contributed by atoms with Crippen LogP contribution in [0.2, 0.25) is 0 Å². The predicted octanol–water partition coefficient (Wildman–Crippen LogP) is 3.81. The summed E-state index contributed by atoms with van der Waals surface area (Å²) in [5, 5.41) is 11.5. The summed E-state index contributed by atoms with van der Waals surface area (Å²) in [6, 6.07) is 11.6. The van der Waals surface area contributed by atoms with Gasteiger partial charge in [0.2, 0.25) is 11.7 Å². The fourth-order valence-corrected chi connectivity index (χ4v) is 4.66. The zero-order chi connectivity index (χ0) is 21.7. The Labute approximate surface area is 180 Å². The summed E-state index contributed by atoms with van der Waals surface area (Å²) < 4.78 is 0. The topological polar surface area (TPSA) is 112 Å². The summed E-state index contributed by atoms with van der Waals surface area (Å²) in [5.41, 5.74) is 2.37. The maximum atomic E-state index is 13.5. The average molecular weight is 431 g/mol. The number of aromatic amines is 1. The van der Waals surface area contributed by atoms with Crippen molar-refractivity contribution in [1.29, 1.82) is 0 Å². The van der Waals surface area contributed by atoms with Gasteiger partial charge in [0.15, 0.2) is 5.76 Å². The first kappa shape index (κ1) is 19.1. The molecule has 31 heavy (non-hydrogen) atoms. The number of carbonyl (C=O) groups excluding carboxylic acids is 2. The molecule has 0 spiro atoms. The quantitative estimate of drug-likeness (QED) is 0.475. The largest absolute Gasteiger partial charge is 0.503 e. The Morgan fingerprint density at radius 2 is 1.90 bits per heavy atom. The third-order valence-electron chi connectivity index (χ3n) is 5.14. The summed E-state index contributed by atoms with van der Waals surface area (Å²) in [6.45, 7) is 3.54. The Bertz CT molecular complexity index is 1340. The molecule has 4 heterocycles. The maximum Gasteiger partial charge on any atom is 0.296 e. The average Bonchev–Trinajstić information content (AvgIpc) is 3.42. The van der Waals surface area contributed by atoms with Crippen LogP contribution in [-0.4, -0.2) is 36.7 Å². The highest BCUT2D eigenvalue weighted by atomic mass is 32.1. The zero-order valence-electron chi connectivity index (χ0n) is 16.7. The number of fused-ring (bicyclic) bond motifs is 1. The molecule has 4 aromatic rings. The smallest absolute Gasteiger partial charge is 0.296 e. The monoisotopic (exact) mass is 431 g/mol. The minimum Gasteiger partial charge on any atom is -0.503 e. The SMILES string of the molecule is Cc1nc(C)c(C(=O)C2=C(O)C(=O)N(c3nc4ccccc4[nH]3)C2c2ccccn2)s1. The molecular weight excluding hydrogens is 414 g/mol. The molecule has 1 unspecified atom stereocenters. The number of aryl methyl sites for hydroxylation is 2. The molecule has 0 radical (unpaired) electrons. The summed E-state index contributed by atoms with van der Waals surface area (Å²) in [5.74, 6) is -1.53. The molecule has 0 saturated heterocycles. The van der Waals surface area contributed by atoms with Crippen LogP contribution in [0, 0.1) is 13.8 Å². The molecule has 154 valence electrons. The Morgan fingerprint density at radius 1 is 1.13 bits per heavy atom. The van der Waals surface area contributed by atoms with Gasteiger partial charge in [0, 0.05) is 6.20 Å². The number of H-pyrrole nitrogens is 1. The Balaban J connectivity index is 1.69. The van der Waals surface area contributed by atoms with E-state index in [0.717, 1.165) is 10.5 Å². The van der Waals surface area contributed by atoms with Gasteiger partial charge in [0.05, 0.1) is 37.9 Å². The number of Topliss-reactive ketones (excluding diaryl/α,β-unsaturated/α-hetero) is 1. The Morgan fingerprint density at radius 3 is 2.58 bits per heavy atom. The number of aliphatic hydroxyl groups is 1. The first-order valence-electron chi connectivity index (χ1n) is 9.57. The number of pyridine rings is 1. The molecule has 1 aromatic carbocycles. The summed E-state index contributed by atoms with van der Waals surface area (Å²) in [7, 11) is 0. The van der Waals surface area contributed by atoms with Crippen molar-refractivity contribution >= 4 is 40.0 Å². The molecule has 1 amide bonds. The second-order valence-electron chi connectivity index (χ2n) is 7.15. The second-order valence-corrected chi connectivity index (χ2v) is 8.35. The lowest BCUT2D eigenvalue weighted by molar-refractivity contribution is -0.117. The van der Waals surface area contributed by atoms with Crippen LogP contribution in [0.3, 0.4) is 0 Å². The van der Waals surface area contributed by atoms with E-state index in [9.17, 15) is 14.7 Å². The maximum absolute atomic E-state index is 13.5. The number of benzene rings is 1. The number of imidazole rings is 1. The fourth-order valence-electron chi connectivity index (χ4n) is 3.79. The molecule has 0 saturated carbocycles.